The number of thioether (sulfide) groups is 1. The van der Waals surface area contributed by atoms with Crippen LogP contribution in [0.4, 0.5) is 0 Å². The van der Waals surface area contributed by atoms with Crippen molar-refractivity contribution in [2.45, 2.75) is 45.0 Å². The van der Waals surface area contributed by atoms with Gasteiger partial charge in [0.05, 0.1) is 12.7 Å². The first-order valence-corrected chi connectivity index (χ1v) is 6.98. The number of ether oxygens (including phenoxy) is 1. The molecule has 0 radical (unpaired) electrons. The second-order valence-electron chi connectivity index (χ2n) is 5.13. The van der Waals surface area contributed by atoms with E-state index in [1.54, 1.807) is 0 Å². The summed E-state index contributed by atoms with van der Waals surface area (Å²) in [5.41, 5.74) is 0. The summed E-state index contributed by atoms with van der Waals surface area (Å²) in [5.74, 6) is 3.66. The molecule has 1 aliphatic heterocycles. The maximum Gasteiger partial charge on any atom is 0.0727 e. The molecule has 2 fully saturated rings. The lowest BCUT2D eigenvalue weighted by Gasteiger charge is -2.45. The Labute approximate surface area is 92.0 Å². The molecule has 1 aliphatic carbocycles. The third-order valence-electron chi connectivity index (χ3n) is 3.82. The average molecular weight is 214 g/mol. The van der Waals surface area contributed by atoms with E-state index in [1.165, 1.54) is 18.6 Å². The van der Waals surface area contributed by atoms with Gasteiger partial charge in [0.25, 0.3) is 0 Å². The highest BCUT2D eigenvalue weighted by Gasteiger charge is 2.41. The molecule has 0 spiro atoms. The van der Waals surface area contributed by atoms with E-state index in [2.05, 4.69) is 32.5 Å². The molecule has 0 bridgehead atoms. The molecule has 0 aromatic rings. The fourth-order valence-corrected chi connectivity index (χ4v) is 4.31. The van der Waals surface area contributed by atoms with Gasteiger partial charge in [-0.05, 0) is 30.6 Å². The van der Waals surface area contributed by atoms with Gasteiger partial charge >= 0.3 is 0 Å². The summed E-state index contributed by atoms with van der Waals surface area (Å²) in [6.07, 6.45) is 3.33. The Morgan fingerprint density at radius 2 is 2.07 bits per heavy atom. The van der Waals surface area contributed by atoms with Crippen LogP contribution >= 0.6 is 11.8 Å². The van der Waals surface area contributed by atoms with Gasteiger partial charge in [0.1, 0.15) is 0 Å². The standard InChI is InChI=1S/C12H22OS/c1-8(2)10-5-4-9(3)12-11(10)13-6-7-14-12/h8-12H,4-7H2,1-3H3. The van der Waals surface area contributed by atoms with Crippen molar-refractivity contribution in [1.29, 1.82) is 0 Å². The minimum absolute atomic E-state index is 0.553. The second kappa shape index (κ2) is 4.44. The van der Waals surface area contributed by atoms with Gasteiger partial charge in [0.2, 0.25) is 0 Å². The van der Waals surface area contributed by atoms with Crippen LogP contribution in [0.5, 0.6) is 0 Å². The smallest absolute Gasteiger partial charge is 0.0727 e. The molecule has 82 valence electrons. The summed E-state index contributed by atoms with van der Waals surface area (Å²) in [6.45, 7) is 8.07. The normalized spacial score (nSPS) is 43.7. The van der Waals surface area contributed by atoms with Gasteiger partial charge in [-0.3, -0.25) is 0 Å². The zero-order chi connectivity index (χ0) is 10.1. The highest BCUT2D eigenvalue weighted by Crippen LogP contribution is 2.43. The van der Waals surface area contributed by atoms with E-state index in [0.29, 0.717) is 6.10 Å². The lowest BCUT2D eigenvalue weighted by Crippen LogP contribution is -2.47. The average Bonchev–Trinajstić information content (AvgIpc) is 2.18. The van der Waals surface area contributed by atoms with Crippen LogP contribution in [-0.4, -0.2) is 23.7 Å². The molecule has 0 N–H and O–H groups in total. The van der Waals surface area contributed by atoms with E-state index in [-0.39, 0.29) is 0 Å². The monoisotopic (exact) mass is 214 g/mol. The Hall–Kier alpha value is 0.310. The van der Waals surface area contributed by atoms with E-state index in [4.69, 9.17) is 4.74 Å². The van der Waals surface area contributed by atoms with Crippen molar-refractivity contribution >= 4 is 11.8 Å². The summed E-state index contributed by atoms with van der Waals surface area (Å²) >= 11 is 2.15. The van der Waals surface area contributed by atoms with Crippen molar-refractivity contribution in [3.63, 3.8) is 0 Å². The highest BCUT2D eigenvalue weighted by atomic mass is 32.2. The van der Waals surface area contributed by atoms with Gasteiger partial charge in [-0.15, -0.1) is 0 Å². The maximum absolute atomic E-state index is 6.01. The highest BCUT2D eigenvalue weighted by molar-refractivity contribution is 8.00. The molecule has 2 aliphatic rings. The topological polar surface area (TPSA) is 9.23 Å². The fourth-order valence-electron chi connectivity index (χ4n) is 2.91. The van der Waals surface area contributed by atoms with E-state index in [1.807, 2.05) is 0 Å². The molecule has 2 rings (SSSR count). The molecule has 2 heteroatoms. The van der Waals surface area contributed by atoms with Crippen LogP contribution < -0.4 is 0 Å². The molecule has 0 amide bonds. The summed E-state index contributed by atoms with van der Waals surface area (Å²) in [4.78, 5) is 0. The minimum Gasteiger partial charge on any atom is -0.376 e. The van der Waals surface area contributed by atoms with E-state index < -0.39 is 0 Å². The van der Waals surface area contributed by atoms with Gasteiger partial charge in [-0.1, -0.05) is 20.8 Å². The van der Waals surface area contributed by atoms with Crippen LogP contribution in [0.1, 0.15) is 33.6 Å². The summed E-state index contributed by atoms with van der Waals surface area (Å²) < 4.78 is 6.01. The Morgan fingerprint density at radius 1 is 1.29 bits per heavy atom. The van der Waals surface area contributed by atoms with Crippen molar-refractivity contribution in [3.05, 3.63) is 0 Å². The first-order chi connectivity index (χ1) is 6.70. The first-order valence-electron chi connectivity index (χ1n) is 5.93. The zero-order valence-corrected chi connectivity index (χ0v) is 10.3. The third-order valence-corrected chi connectivity index (χ3v) is 5.34. The molecule has 0 aromatic heterocycles. The summed E-state index contributed by atoms with van der Waals surface area (Å²) in [6, 6.07) is 0. The number of fused-ring (bicyclic) bond motifs is 1. The molecule has 1 saturated carbocycles. The van der Waals surface area contributed by atoms with E-state index >= 15 is 0 Å². The largest absolute Gasteiger partial charge is 0.376 e. The van der Waals surface area contributed by atoms with Crippen LogP contribution in [0.25, 0.3) is 0 Å². The van der Waals surface area contributed by atoms with Gasteiger partial charge in [-0.25, -0.2) is 0 Å². The molecular weight excluding hydrogens is 192 g/mol. The molecule has 4 unspecified atom stereocenters. The van der Waals surface area contributed by atoms with Crippen molar-refractivity contribution in [1.82, 2.24) is 0 Å². The third kappa shape index (κ3) is 1.96. The van der Waals surface area contributed by atoms with Crippen molar-refractivity contribution in [3.8, 4) is 0 Å². The van der Waals surface area contributed by atoms with Crippen molar-refractivity contribution in [2.24, 2.45) is 17.8 Å². The predicted octanol–water partition coefficient (Wildman–Crippen LogP) is 3.19. The molecule has 1 saturated heterocycles. The summed E-state index contributed by atoms with van der Waals surface area (Å²) in [5, 5.41) is 0.782. The number of rotatable bonds is 1. The Balaban J connectivity index is 2.08. The first kappa shape index (κ1) is 10.8. The Bertz CT molecular complexity index is 191. The van der Waals surface area contributed by atoms with Gasteiger partial charge < -0.3 is 4.74 Å². The molecule has 4 atom stereocenters. The van der Waals surface area contributed by atoms with Crippen LogP contribution in [0.3, 0.4) is 0 Å². The van der Waals surface area contributed by atoms with Gasteiger partial charge in [0.15, 0.2) is 0 Å². The van der Waals surface area contributed by atoms with Crippen LogP contribution in [0.2, 0.25) is 0 Å². The molecule has 1 nitrogen and oxygen atoms in total. The number of hydrogen-bond acceptors (Lipinski definition) is 2. The van der Waals surface area contributed by atoms with E-state index in [0.717, 1.165) is 29.6 Å². The molecule has 0 aromatic carbocycles. The van der Waals surface area contributed by atoms with Gasteiger partial charge in [0, 0.05) is 11.0 Å². The second-order valence-corrected chi connectivity index (χ2v) is 6.42. The lowest BCUT2D eigenvalue weighted by atomic mass is 9.75. The maximum atomic E-state index is 6.01. The van der Waals surface area contributed by atoms with Crippen molar-refractivity contribution < 1.29 is 4.74 Å². The summed E-state index contributed by atoms with van der Waals surface area (Å²) in [7, 11) is 0. The van der Waals surface area contributed by atoms with E-state index in [9.17, 15) is 0 Å². The molecule has 14 heavy (non-hydrogen) atoms. The Morgan fingerprint density at radius 3 is 2.79 bits per heavy atom. The molecule has 1 heterocycles. The zero-order valence-electron chi connectivity index (χ0n) is 9.53. The predicted molar refractivity (Wildman–Crippen MR) is 62.7 cm³/mol. The lowest BCUT2D eigenvalue weighted by molar-refractivity contribution is -0.0324. The molecular formula is C12H22OS. The fraction of sp³-hybridized carbons (Fsp3) is 1.00. The van der Waals surface area contributed by atoms with Crippen LogP contribution in [-0.2, 0) is 4.74 Å². The van der Waals surface area contributed by atoms with Crippen LogP contribution in [0, 0.1) is 17.8 Å². The van der Waals surface area contributed by atoms with Crippen molar-refractivity contribution in [2.75, 3.05) is 12.4 Å². The quantitative estimate of drug-likeness (QED) is 0.663. The van der Waals surface area contributed by atoms with Crippen LogP contribution in [0.15, 0.2) is 0 Å². The SMILES string of the molecule is CC(C)C1CCC(C)C2SCCOC12. The minimum atomic E-state index is 0.553. The van der Waals surface area contributed by atoms with Gasteiger partial charge in [-0.2, -0.15) is 11.8 Å². The Kier molecular flexibility index (Phi) is 3.43. The number of hydrogen-bond donors (Lipinski definition) is 0.